The molecule has 1 atom stereocenters. The van der Waals surface area contributed by atoms with Crippen molar-refractivity contribution in [1.29, 1.82) is 5.26 Å². The maximum atomic E-state index is 13.0. The number of ether oxygens (including phenoxy) is 2. The van der Waals surface area contributed by atoms with Gasteiger partial charge in [0.25, 0.3) is 0 Å². The van der Waals surface area contributed by atoms with Gasteiger partial charge >= 0.3 is 0 Å². The molecular weight excluding hydrogens is 362 g/mol. The van der Waals surface area contributed by atoms with Crippen molar-refractivity contribution in [2.75, 3.05) is 0 Å². The first-order valence-electron chi connectivity index (χ1n) is 10.2. The number of nitrogens with zero attached hydrogens (tertiary/aromatic N) is 1. The van der Waals surface area contributed by atoms with Gasteiger partial charge in [-0.15, -0.1) is 0 Å². The fourth-order valence-corrected chi connectivity index (χ4v) is 4.99. The van der Waals surface area contributed by atoms with E-state index >= 15 is 0 Å². The van der Waals surface area contributed by atoms with Gasteiger partial charge in [0, 0.05) is 12.3 Å². The topological polar surface area (TPSA) is 59.3 Å². The summed E-state index contributed by atoms with van der Waals surface area (Å²) in [4.78, 5) is 13.0. The van der Waals surface area contributed by atoms with Gasteiger partial charge in [-0.05, 0) is 75.9 Å². The zero-order chi connectivity index (χ0) is 20.8. The lowest BCUT2D eigenvalue weighted by atomic mass is 9.76. The van der Waals surface area contributed by atoms with Crippen LogP contribution in [-0.2, 0) is 4.74 Å². The fraction of sp³-hybridized carbons (Fsp3) is 0.440. The molecule has 2 aliphatic heterocycles. The van der Waals surface area contributed by atoms with Crippen molar-refractivity contribution >= 4 is 5.78 Å². The first kappa shape index (κ1) is 19.7. The first-order valence-corrected chi connectivity index (χ1v) is 10.2. The molecule has 4 rings (SSSR count). The molecule has 0 spiro atoms. The third-order valence-electron chi connectivity index (χ3n) is 5.86. The van der Waals surface area contributed by atoms with E-state index < -0.39 is 0 Å². The second kappa shape index (κ2) is 7.00. The highest BCUT2D eigenvalue weighted by Crippen LogP contribution is 2.43. The van der Waals surface area contributed by atoms with Crippen LogP contribution in [0, 0.1) is 17.2 Å². The molecule has 0 aliphatic carbocycles. The Bertz CT molecular complexity index is 983. The summed E-state index contributed by atoms with van der Waals surface area (Å²) in [7, 11) is 0. The fourth-order valence-electron chi connectivity index (χ4n) is 4.99. The minimum atomic E-state index is -0.227. The van der Waals surface area contributed by atoms with Gasteiger partial charge in [-0.25, -0.2) is 0 Å². The van der Waals surface area contributed by atoms with Crippen LogP contribution in [0.2, 0.25) is 0 Å². The summed E-state index contributed by atoms with van der Waals surface area (Å²) in [5.41, 5.74) is 2.63. The summed E-state index contributed by atoms with van der Waals surface area (Å²) in [6, 6.07) is 15.3. The van der Waals surface area contributed by atoms with Crippen LogP contribution < -0.4 is 4.74 Å². The molecule has 1 unspecified atom stereocenters. The zero-order valence-electron chi connectivity index (χ0n) is 17.5. The van der Waals surface area contributed by atoms with Crippen LogP contribution in [0.25, 0.3) is 11.1 Å². The van der Waals surface area contributed by atoms with E-state index in [1.807, 2.05) is 36.4 Å². The van der Waals surface area contributed by atoms with Gasteiger partial charge in [0.2, 0.25) is 0 Å². The predicted molar refractivity (Wildman–Crippen MR) is 112 cm³/mol. The van der Waals surface area contributed by atoms with E-state index in [4.69, 9.17) is 14.7 Å². The summed E-state index contributed by atoms with van der Waals surface area (Å²) in [6.45, 7) is 8.45. The summed E-state index contributed by atoms with van der Waals surface area (Å²) >= 11 is 0. The minimum absolute atomic E-state index is 0.120. The Balaban J connectivity index is 1.60. The SMILES string of the molecule is CC1(C)CC(C2CC(=O)c3cc(-c4cccc(C#N)c4)ccc3O2)CC(C)(C)O1. The monoisotopic (exact) mass is 389 g/mol. The molecule has 4 heteroatoms. The van der Waals surface area contributed by atoms with Gasteiger partial charge in [0.1, 0.15) is 11.9 Å². The Morgan fingerprint density at radius 2 is 1.69 bits per heavy atom. The Labute approximate surface area is 172 Å². The maximum absolute atomic E-state index is 13.0. The number of hydrogen-bond donors (Lipinski definition) is 0. The van der Waals surface area contributed by atoms with Crippen molar-refractivity contribution in [3.63, 3.8) is 0 Å². The largest absolute Gasteiger partial charge is 0.489 e. The highest BCUT2D eigenvalue weighted by atomic mass is 16.5. The molecular formula is C25H27NO3. The van der Waals surface area contributed by atoms with Gasteiger partial charge in [-0.2, -0.15) is 5.26 Å². The van der Waals surface area contributed by atoms with Gasteiger partial charge in [-0.3, -0.25) is 4.79 Å². The van der Waals surface area contributed by atoms with Gasteiger partial charge in [-0.1, -0.05) is 18.2 Å². The van der Waals surface area contributed by atoms with Crippen LogP contribution in [0.15, 0.2) is 42.5 Å². The Morgan fingerprint density at radius 1 is 1.00 bits per heavy atom. The third-order valence-corrected chi connectivity index (χ3v) is 5.86. The molecule has 29 heavy (non-hydrogen) atoms. The molecule has 2 heterocycles. The lowest BCUT2D eigenvalue weighted by Gasteiger charge is -2.47. The third kappa shape index (κ3) is 4.06. The number of fused-ring (bicyclic) bond motifs is 1. The molecule has 2 aromatic carbocycles. The van der Waals surface area contributed by atoms with Crippen molar-refractivity contribution in [3.8, 4) is 22.9 Å². The molecule has 1 saturated heterocycles. The van der Waals surface area contributed by atoms with Crippen LogP contribution in [0.3, 0.4) is 0 Å². The van der Waals surface area contributed by atoms with E-state index in [0.29, 0.717) is 23.3 Å². The second-order valence-electron chi connectivity index (χ2n) is 9.48. The molecule has 0 N–H and O–H groups in total. The molecule has 2 aliphatic rings. The summed E-state index contributed by atoms with van der Waals surface area (Å²) in [6.07, 6.45) is 2.03. The number of hydrogen-bond acceptors (Lipinski definition) is 4. The number of Topliss-reactive ketones (excluding diaryl/α,β-unsaturated/α-hetero) is 1. The standard InChI is InChI=1S/C25H27NO3/c1-24(2)13-19(14-25(3,4)29-24)23-12-21(27)20-11-18(8-9-22(20)28-23)17-7-5-6-16(10-17)15-26/h5-11,19,23H,12-14H2,1-4H3. The summed E-state index contributed by atoms with van der Waals surface area (Å²) < 4.78 is 12.5. The lowest BCUT2D eigenvalue weighted by molar-refractivity contribution is -0.183. The van der Waals surface area contributed by atoms with E-state index in [1.165, 1.54) is 0 Å². The van der Waals surface area contributed by atoms with Crippen molar-refractivity contribution in [1.82, 2.24) is 0 Å². The predicted octanol–water partition coefficient (Wildman–Crippen LogP) is 5.54. The average Bonchev–Trinajstić information content (AvgIpc) is 2.65. The number of rotatable bonds is 2. The van der Waals surface area contributed by atoms with Crippen LogP contribution in [0.1, 0.15) is 62.9 Å². The molecule has 0 saturated carbocycles. The molecule has 2 aromatic rings. The van der Waals surface area contributed by atoms with E-state index in [-0.39, 0.29) is 29.0 Å². The Hall–Kier alpha value is -2.64. The Kier molecular flexibility index (Phi) is 4.75. The minimum Gasteiger partial charge on any atom is -0.489 e. The molecule has 1 fully saturated rings. The smallest absolute Gasteiger partial charge is 0.170 e. The quantitative estimate of drug-likeness (QED) is 0.676. The number of carbonyl (C=O) groups excluding carboxylic acids is 1. The first-order chi connectivity index (χ1) is 13.7. The lowest BCUT2D eigenvalue weighted by Crippen LogP contribution is -2.50. The van der Waals surface area contributed by atoms with E-state index in [0.717, 1.165) is 24.0 Å². The number of ketones is 1. The molecule has 0 bridgehead atoms. The van der Waals surface area contributed by atoms with E-state index in [2.05, 4.69) is 33.8 Å². The van der Waals surface area contributed by atoms with Crippen LogP contribution in [0.5, 0.6) is 5.75 Å². The molecule has 0 radical (unpaired) electrons. The zero-order valence-corrected chi connectivity index (χ0v) is 17.5. The van der Waals surface area contributed by atoms with E-state index in [1.54, 1.807) is 6.07 Å². The van der Waals surface area contributed by atoms with Crippen molar-refractivity contribution in [2.24, 2.45) is 5.92 Å². The number of nitriles is 1. The van der Waals surface area contributed by atoms with Gasteiger partial charge in [0.15, 0.2) is 5.78 Å². The summed E-state index contributed by atoms with van der Waals surface area (Å²) in [5.74, 6) is 1.06. The van der Waals surface area contributed by atoms with Gasteiger partial charge < -0.3 is 9.47 Å². The summed E-state index contributed by atoms with van der Waals surface area (Å²) in [5, 5.41) is 9.14. The van der Waals surface area contributed by atoms with Crippen molar-refractivity contribution < 1.29 is 14.3 Å². The number of benzene rings is 2. The molecule has 150 valence electrons. The van der Waals surface area contributed by atoms with Crippen LogP contribution >= 0.6 is 0 Å². The molecule has 0 aromatic heterocycles. The van der Waals surface area contributed by atoms with Crippen LogP contribution in [0.4, 0.5) is 0 Å². The van der Waals surface area contributed by atoms with Gasteiger partial charge in [0.05, 0.1) is 28.4 Å². The molecule has 4 nitrogen and oxygen atoms in total. The average molecular weight is 389 g/mol. The van der Waals surface area contributed by atoms with Crippen LogP contribution in [-0.4, -0.2) is 23.1 Å². The normalized spacial score (nSPS) is 23.0. The highest BCUT2D eigenvalue weighted by Gasteiger charge is 2.44. The van der Waals surface area contributed by atoms with Crippen molar-refractivity contribution in [3.05, 3.63) is 53.6 Å². The number of carbonyl (C=O) groups is 1. The Morgan fingerprint density at radius 3 is 2.38 bits per heavy atom. The van der Waals surface area contributed by atoms with E-state index in [9.17, 15) is 4.79 Å². The highest BCUT2D eigenvalue weighted by molar-refractivity contribution is 6.01. The maximum Gasteiger partial charge on any atom is 0.170 e. The second-order valence-corrected chi connectivity index (χ2v) is 9.48. The molecule has 0 amide bonds. The van der Waals surface area contributed by atoms with Crippen molar-refractivity contribution in [2.45, 2.75) is 64.3 Å².